The first-order valence-electron chi connectivity index (χ1n) is 12.2. The van der Waals surface area contributed by atoms with E-state index in [0.29, 0.717) is 36.9 Å². The summed E-state index contributed by atoms with van der Waals surface area (Å²) in [4.78, 5) is 15.1. The average molecular weight is 494 g/mol. The van der Waals surface area contributed by atoms with Crippen molar-refractivity contribution in [3.05, 3.63) is 53.6 Å². The Morgan fingerprint density at radius 1 is 1.00 bits per heavy atom. The second kappa shape index (κ2) is 12.2. The fraction of sp³-hybridized carbons (Fsp3) is 0.500. The minimum atomic E-state index is -4.42. The van der Waals surface area contributed by atoms with Gasteiger partial charge in [-0.2, -0.15) is 13.2 Å². The Hall–Kier alpha value is -2.94. The predicted molar refractivity (Wildman–Crippen MR) is 130 cm³/mol. The van der Waals surface area contributed by atoms with Crippen LogP contribution in [-0.4, -0.2) is 49.8 Å². The normalized spacial score (nSPS) is 17.1. The van der Waals surface area contributed by atoms with Crippen LogP contribution in [0.5, 0.6) is 11.5 Å². The number of halogens is 3. The summed E-state index contributed by atoms with van der Waals surface area (Å²) in [6.45, 7) is 9.70. The molecule has 2 N–H and O–H groups in total. The number of nitrogens with zero attached hydrogens (tertiary/aromatic N) is 1. The van der Waals surface area contributed by atoms with Crippen molar-refractivity contribution in [2.45, 2.75) is 51.7 Å². The molecule has 0 spiro atoms. The number of rotatable bonds is 6. The number of ether oxygens (including phenoxy) is 2. The summed E-state index contributed by atoms with van der Waals surface area (Å²) in [6, 6.07) is 9.56. The van der Waals surface area contributed by atoms with E-state index in [1.54, 1.807) is 0 Å². The standard InChI is InChI=1S/C24H28F3N3O3.C2H6/c1-16(17-4-9-21-22(14-17)33-13-12-32-21)20(15-30-10-2-3-11-30)29-23(31)28-19-7-5-18(6-8-19)24(25,26)27;1-2/h4-9,14,16,20H,2-3,10-13,15H2,1H3,(H2,28,29,31);1-2H3. The van der Waals surface area contributed by atoms with Crippen LogP contribution in [0.1, 0.15) is 50.7 Å². The Morgan fingerprint density at radius 3 is 2.26 bits per heavy atom. The molecular formula is C26H34F3N3O3. The zero-order chi connectivity index (χ0) is 25.4. The molecule has 0 bridgehead atoms. The molecule has 1 saturated heterocycles. The first-order valence-corrected chi connectivity index (χ1v) is 12.2. The van der Waals surface area contributed by atoms with Crippen molar-refractivity contribution in [3.8, 4) is 11.5 Å². The maximum atomic E-state index is 12.8. The van der Waals surface area contributed by atoms with E-state index in [-0.39, 0.29) is 12.0 Å². The molecule has 4 rings (SSSR count). The van der Waals surface area contributed by atoms with E-state index < -0.39 is 17.8 Å². The highest BCUT2D eigenvalue weighted by Crippen LogP contribution is 2.34. The number of benzene rings is 2. The molecule has 2 atom stereocenters. The molecule has 0 aromatic heterocycles. The summed E-state index contributed by atoms with van der Waals surface area (Å²) in [5.41, 5.74) is 0.554. The van der Waals surface area contributed by atoms with Crippen LogP contribution in [0.25, 0.3) is 0 Å². The van der Waals surface area contributed by atoms with Crippen molar-refractivity contribution in [2.24, 2.45) is 0 Å². The Bertz CT molecular complexity index is 961. The van der Waals surface area contributed by atoms with Gasteiger partial charge in [0, 0.05) is 24.2 Å². The first kappa shape index (κ1) is 26.7. The summed E-state index contributed by atoms with van der Waals surface area (Å²) in [5.74, 6) is 1.38. The van der Waals surface area contributed by atoms with Gasteiger partial charge in [0.25, 0.3) is 0 Å². The molecular weight excluding hydrogens is 459 g/mol. The van der Waals surface area contributed by atoms with Gasteiger partial charge >= 0.3 is 12.2 Å². The highest BCUT2D eigenvalue weighted by molar-refractivity contribution is 5.89. The second-order valence-corrected chi connectivity index (χ2v) is 8.48. The van der Waals surface area contributed by atoms with Gasteiger partial charge in [-0.1, -0.05) is 26.8 Å². The monoisotopic (exact) mass is 493 g/mol. The maximum absolute atomic E-state index is 12.8. The SMILES string of the molecule is CC.CC(c1ccc2c(c1)OCCO2)C(CN1CCCC1)NC(=O)Nc1ccc(C(F)(F)F)cc1. The van der Waals surface area contributed by atoms with Crippen molar-refractivity contribution in [1.29, 1.82) is 0 Å². The Morgan fingerprint density at radius 2 is 1.63 bits per heavy atom. The number of anilines is 1. The molecule has 2 unspecified atom stereocenters. The van der Waals surface area contributed by atoms with Gasteiger partial charge in [-0.15, -0.1) is 0 Å². The van der Waals surface area contributed by atoms with E-state index in [2.05, 4.69) is 15.5 Å². The number of hydrogen-bond donors (Lipinski definition) is 2. The van der Waals surface area contributed by atoms with E-state index in [4.69, 9.17) is 9.47 Å². The number of amides is 2. The molecule has 2 heterocycles. The summed E-state index contributed by atoms with van der Waals surface area (Å²) in [7, 11) is 0. The Labute approximate surface area is 204 Å². The number of nitrogens with one attached hydrogen (secondary N) is 2. The van der Waals surface area contributed by atoms with E-state index in [0.717, 1.165) is 43.6 Å². The van der Waals surface area contributed by atoms with Crippen LogP contribution >= 0.6 is 0 Å². The minimum absolute atomic E-state index is 0.0280. The molecule has 6 nitrogen and oxygen atoms in total. The quantitative estimate of drug-likeness (QED) is 0.527. The van der Waals surface area contributed by atoms with Gasteiger partial charge < -0.3 is 25.0 Å². The fourth-order valence-electron chi connectivity index (χ4n) is 4.23. The van der Waals surface area contributed by atoms with E-state index >= 15 is 0 Å². The maximum Gasteiger partial charge on any atom is 0.416 e. The van der Waals surface area contributed by atoms with Crippen LogP contribution in [0.15, 0.2) is 42.5 Å². The van der Waals surface area contributed by atoms with E-state index in [9.17, 15) is 18.0 Å². The molecule has 9 heteroatoms. The van der Waals surface area contributed by atoms with Crippen LogP contribution in [0.3, 0.4) is 0 Å². The molecule has 0 saturated carbocycles. The van der Waals surface area contributed by atoms with Crippen LogP contribution in [0.4, 0.5) is 23.7 Å². The van der Waals surface area contributed by atoms with Crippen LogP contribution in [0.2, 0.25) is 0 Å². The highest BCUT2D eigenvalue weighted by Gasteiger charge is 2.30. The molecule has 0 aliphatic carbocycles. The van der Waals surface area contributed by atoms with Gasteiger partial charge in [-0.3, -0.25) is 0 Å². The van der Waals surface area contributed by atoms with Gasteiger partial charge in [0.1, 0.15) is 13.2 Å². The van der Waals surface area contributed by atoms with Crippen molar-refractivity contribution in [3.63, 3.8) is 0 Å². The minimum Gasteiger partial charge on any atom is -0.486 e. The van der Waals surface area contributed by atoms with Gasteiger partial charge in [0.05, 0.1) is 5.56 Å². The summed E-state index contributed by atoms with van der Waals surface area (Å²) < 4.78 is 49.7. The Kier molecular flexibility index (Phi) is 9.26. The van der Waals surface area contributed by atoms with Crippen LogP contribution < -0.4 is 20.1 Å². The number of likely N-dealkylation sites (tertiary alicyclic amines) is 1. The lowest BCUT2D eigenvalue weighted by Crippen LogP contribution is -2.47. The van der Waals surface area contributed by atoms with Gasteiger partial charge in [-0.05, 0) is 67.9 Å². The van der Waals surface area contributed by atoms with E-state index in [1.807, 2.05) is 39.0 Å². The molecule has 2 amide bonds. The van der Waals surface area contributed by atoms with Crippen molar-refractivity contribution >= 4 is 11.7 Å². The smallest absolute Gasteiger partial charge is 0.416 e. The van der Waals surface area contributed by atoms with Crippen LogP contribution in [0, 0.1) is 0 Å². The van der Waals surface area contributed by atoms with Gasteiger partial charge in [-0.25, -0.2) is 4.79 Å². The third-order valence-corrected chi connectivity index (χ3v) is 6.14. The number of fused-ring (bicyclic) bond motifs is 1. The number of carbonyl (C=O) groups excluding carboxylic acids is 1. The van der Waals surface area contributed by atoms with Crippen molar-refractivity contribution < 1.29 is 27.4 Å². The first-order chi connectivity index (χ1) is 16.8. The molecule has 0 radical (unpaired) electrons. The third kappa shape index (κ3) is 7.27. The third-order valence-electron chi connectivity index (χ3n) is 6.14. The lowest BCUT2D eigenvalue weighted by Gasteiger charge is -2.30. The zero-order valence-electron chi connectivity index (χ0n) is 20.5. The average Bonchev–Trinajstić information content (AvgIpc) is 3.37. The van der Waals surface area contributed by atoms with Gasteiger partial charge in [0.2, 0.25) is 0 Å². The topological polar surface area (TPSA) is 62.8 Å². The molecule has 2 aromatic rings. The second-order valence-electron chi connectivity index (χ2n) is 8.48. The largest absolute Gasteiger partial charge is 0.486 e. The highest BCUT2D eigenvalue weighted by atomic mass is 19.4. The summed E-state index contributed by atoms with van der Waals surface area (Å²) in [6.07, 6.45) is -2.16. The van der Waals surface area contributed by atoms with E-state index in [1.165, 1.54) is 12.1 Å². The van der Waals surface area contributed by atoms with Gasteiger partial charge in [0.15, 0.2) is 11.5 Å². The fourth-order valence-corrected chi connectivity index (χ4v) is 4.23. The number of hydrogen-bond acceptors (Lipinski definition) is 4. The molecule has 1 fully saturated rings. The van der Waals surface area contributed by atoms with Crippen molar-refractivity contribution in [1.82, 2.24) is 10.2 Å². The summed E-state index contributed by atoms with van der Waals surface area (Å²) >= 11 is 0. The molecule has 35 heavy (non-hydrogen) atoms. The zero-order valence-corrected chi connectivity index (χ0v) is 20.5. The number of alkyl halides is 3. The molecule has 2 aliphatic rings. The Balaban J connectivity index is 0.00000167. The van der Waals surface area contributed by atoms with Crippen molar-refractivity contribution in [2.75, 3.05) is 38.2 Å². The molecule has 2 aromatic carbocycles. The number of carbonyl (C=O) groups is 1. The predicted octanol–water partition coefficient (Wildman–Crippen LogP) is 5.89. The molecule has 192 valence electrons. The lowest BCUT2D eigenvalue weighted by atomic mass is 9.92. The summed E-state index contributed by atoms with van der Waals surface area (Å²) in [5, 5.41) is 5.68. The molecule has 2 aliphatic heterocycles. The lowest BCUT2D eigenvalue weighted by molar-refractivity contribution is -0.137. The number of urea groups is 1. The van der Waals surface area contributed by atoms with Crippen LogP contribution in [-0.2, 0) is 6.18 Å².